The molecule has 2 fully saturated rings. The van der Waals surface area contributed by atoms with Crippen LogP contribution in [0.2, 0.25) is 0 Å². The van der Waals surface area contributed by atoms with Crippen LogP contribution in [0.5, 0.6) is 0 Å². The molecule has 0 aromatic heterocycles. The normalized spacial score (nSPS) is 24.8. The first-order valence-electron chi connectivity index (χ1n) is 8.57. The summed E-state index contributed by atoms with van der Waals surface area (Å²) in [4.78, 5) is 2.65. The van der Waals surface area contributed by atoms with Crippen molar-refractivity contribution in [3.05, 3.63) is 35.4 Å². The van der Waals surface area contributed by atoms with E-state index in [0.717, 1.165) is 18.5 Å². The molecule has 0 spiro atoms. The van der Waals surface area contributed by atoms with Crippen LogP contribution in [0.15, 0.2) is 24.3 Å². The van der Waals surface area contributed by atoms with Crippen LogP contribution >= 0.6 is 0 Å². The van der Waals surface area contributed by atoms with Gasteiger partial charge in [-0.25, -0.2) is 0 Å². The van der Waals surface area contributed by atoms with Crippen LogP contribution < -0.4 is 5.32 Å². The van der Waals surface area contributed by atoms with Crippen molar-refractivity contribution < 1.29 is 0 Å². The van der Waals surface area contributed by atoms with E-state index in [4.69, 9.17) is 0 Å². The lowest BCUT2D eigenvalue weighted by atomic mass is 9.87. The highest BCUT2D eigenvalue weighted by atomic mass is 15.2. The Morgan fingerprint density at radius 1 is 1.14 bits per heavy atom. The molecule has 2 nitrogen and oxygen atoms in total. The molecule has 1 saturated carbocycles. The van der Waals surface area contributed by atoms with Gasteiger partial charge in [-0.15, -0.1) is 0 Å². The van der Waals surface area contributed by atoms with Gasteiger partial charge in [0.2, 0.25) is 0 Å². The third kappa shape index (κ3) is 4.08. The van der Waals surface area contributed by atoms with Gasteiger partial charge < -0.3 is 5.32 Å². The summed E-state index contributed by atoms with van der Waals surface area (Å²) in [7, 11) is 0. The predicted octanol–water partition coefficient (Wildman–Crippen LogP) is 3.56. The van der Waals surface area contributed by atoms with Crippen molar-refractivity contribution >= 4 is 0 Å². The maximum atomic E-state index is 3.75. The summed E-state index contributed by atoms with van der Waals surface area (Å²) in [6, 6.07) is 10.0. The quantitative estimate of drug-likeness (QED) is 0.914. The molecule has 1 saturated heterocycles. The van der Waals surface area contributed by atoms with E-state index in [1.165, 1.54) is 50.0 Å². The Morgan fingerprint density at radius 2 is 1.86 bits per heavy atom. The molecule has 1 aromatic carbocycles. The van der Waals surface area contributed by atoms with Crippen LogP contribution in [0.3, 0.4) is 0 Å². The molecule has 0 amide bonds. The fraction of sp³-hybridized carbons (Fsp3) is 0.684. The summed E-state index contributed by atoms with van der Waals surface area (Å²) in [5, 5.41) is 3.75. The molecule has 2 aliphatic rings. The Morgan fingerprint density at radius 3 is 2.48 bits per heavy atom. The Bertz CT molecular complexity index is 453. The minimum absolute atomic E-state index is 0.252. The molecule has 1 atom stereocenters. The summed E-state index contributed by atoms with van der Waals surface area (Å²) >= 11 is 0. The van der Waals surface area contributed by atoms with Crippen molar-refractivity contribution in [2.45, 2.75) is 58.0 Å². The summed E-state index contributed by atoms with van der Waals surface area (Å²) in [6.45, 7) is 11.6. The smallest absolute Gasteiger partial charge is 0.0234 e. The van der Waals surface area contributed by atoms with Gasteiger partial charge in [-0.3, -0.25) is 4.90 Å². The number of hydrogen-bond acceptors (Lipinski definition) is 2. The van der Waals surface area contributed by atoms with Gasteiger partial charge in [0.05, 0.1) is 0 Å². The molecule has 1 unspecified atom stereocenters. The van der Waals surface area contributed by atoms with Gasteiger partial charge in [0, 0.05) is 19.1 Å². The first-order valence-corrected chi connectivity index (χ1v) is 8.57. The molecule has 3 rings (SSSR count). The zero-order valence-electron chi connectivity index (χ0n) is 13.9. The maximum Gasteiger partial charge on any atom is 0.0234 e. The number of hydrogen-bond donors (Lipinski definition) is 1. The minimum Gasteiger partial charge on any atom is -0.312 e. The van der Waals surface area contributed by atoms with Crippen LogP contribution in [0, 0.1) is 5.92 Å². The van der Waals surface area contributed by atoms with E-state index in [9.17, 15) is 0 Å². The van der Waals surface area contributed by atoms with E-state index in [1.807, 2.05) is 0 Å². The summed E-state index contributed by atoms with van der Waals surface area (Å²) < 4.78 is 0. The van der Waals surface area contributed by atoms with Gasteiger partial charge in [0.15, 0.2) is 0 Å². The van der Waals surface area contributed by atoms with Crippen LogP contribution in [-0.2, 0) is 12.0 Å². The molecule has 1 aliphatic heterocycles. The van der Waals surface area contributed by atoms with Crippen molar-refractivity contribution in [2.75, 3.05) is 19.6 Å². The first-order chi connectivity index (χ1) is 10.0. The highest BCUT2D eigenvalue weighted by Gasteiger charge is 2.32. The van der Waals surface area contributed by atoms with Crippen molar-refractivity contribution in [2.24, 2.45) is 5.92 Å². The zero-order chi connectivity index (χ0) is 14.9. The predicted molar refractivity (Wildman–Crippen MR) is 89.6 cm³/mol. The van der Waals surface area contributed by atoms with Crippen LogP contribution in [-0.4, -0.2) is 30.6 Å². The molecule has 116 valence electrons. The van der Waals surface area contributed by atoms with E-state index < -0.39 is 0 Å². The molecular formula is C19H30N2. The fourth-order valence-electron chi connectivity index (χ4n) is 3.35. The third-order valence-corrected chi connectivity index (χ3v) is 4.93. The van der Waals surface area contributed by atoms with Crippen LogP contribution in [0.25, 0.3) is 0 Å². The molecule has 0 radical (unpaired) electrons. The molecule has 21 heavy (non-hydrogen) atoms. The second-order valence-electron chi connectivity index (χ2n) is 7.93. The van der Waals surface area contributed by atoms with E-state index in [-0.39, 0.29) is 5.41 Å². The molecule has 1 N–H and O–H groups in total. The standard InChI is InChI=1S/C19H30N2/c1-19(2,3)17-9-5-15(6-10-17)13-21-12-4-11-20-18(14-21)16-7-8-16/h5-6,9-10,16,18,20H,4,7-8,11-14H2,1-3H3. The van der Waals surface area contributed by atoms with Gasteiger partial charge in [-0.2, -0.15) is 0 Å². The van der Waals surface area contributed by atoms with E-state index in [1.54, 1.807) is 0 Å². The number of nitrogens with one attached hydrogen (secondary N) is 1. The van der Waals surface area contributed by atoms with Crippen molar-refractivity contribution in [1.82, 2.24) is 10.2 Å². The Balaban J connectivity index is 1.62. The second kappa shape index (κ2) is 6.10. The molecule has 1 aromatic rings. The van der Waals surface area contributed by atoms with Crippen LogP contribution in [0.1, 0.15) is 51.2 Å². The largest absolute Gasteiger partial charge is 0.312 e. The Kier molecular flexibility index (Phi) is 4.37. The Labute approximate surface area is 129 Å². The monoisotopic (exact) mass is 286 g/mol. The van der Waals surface area contributed by atoms with Gasteiger partial charge in [0.25, 0.3) is 0 Å². The highest BCUT2D eigenvalue weighted by Crippen LogP contribution is 2.33. The third-order valence-electron chi connectivity index (χ3n) is 4.93. The molecule has 1 aliphatic carbocycles. The number of nitrogens with zero attached hydrogens (tertiary/aromatic N) is 1. The summed E-state index contributed by atoms with van der Waals surface area (Å²) in [6.07, 6.45) is 4.15. The summed E-state index contributed by atoms with van der Waals surface area (Å²) in [5.74, 6) is 0.953. The van der Waals surface area contributed by atoms with Gasteiger partial charge >= 0.3 is 0 Å². The van der Waals surface area contributed by atoms with Crippen molar-refractivity contribution in [1.29, 1.82) is 0 Å². The Hall–Kier alpha value is -0.860. The lowest BCUT2D eigenvalue weighted by Crippen LogP contribution is -2.38. The average Bonchev–Trinajstić information content (AvgIpc) is 3.25. The fourth-order valence-corrected chi connectivity index (χ4v) is 3.35. The van der Waals surface area contributed by atoms with E-state index >= 15 is 0 Å². The first kappa shape index (κ1) is 15.1. The molecular weight excluding hydrogens is 256 g/mol. The van der Waals surface area contributed by atoms with Crippen molar-refractivity contribution in [3.8, 4) is 0 Å². The van der Waals surface area contributed by atoms with Crippen LogP contribution in [0.4, 0.5) is 0 Å². The topological polar surface area (TPSA) is 15.3 Å². The lowest BCUT2D eigenvalue weighted by molar-refractivity contribution is 0.251. The number of rotatable bonds is 3. The zero-order valence-corrected chi connectivity index (χ0v) is 13.9. The van der Waals surface area contributed by atoms with E-state index in [2.05, 4.69) is 55.3 Å². The average molecular weight is 286 g/mol. The van der Waals surface area contributed by atoms with Gasteiger partial charge in [-0.05, 0) is 54.8 Å². The van der Waals surface area contributed by atoms with Crippen molar-refractivity contribution in [3.63, 3.8) is 0 Å². The van der Waals surface area contributed by atoms with E-state index in [0.29, 0.717) is 0 Å². The number of benzene rings is 1. The second-order valence-corrected chi connectivity index (χ2v) is 7.93. The SMILES string of the molecule is CC(C)(C)c1ccc(CN2CCCNC(C3CC3)C2)cc1. The highest BCUT2D eigenvalue weighted by molar-refractivity contribution is 5.27. The minimum atomic E-state index is 0.252. The van der Waals surface area contributed by atoms with Gasteiger partial charge in [0.1, 0.15) is 0 Å². The molecule has 2 heteroatoms. The lowest BCUT2D eigenvalue weighted by Gasteiger charge is -2.25. The molecule has 1 heterocycles. The molecule has 0 bridgehead atoms. The summed E-state index contributed by atoms with van der Waals surface area (Å²) in [5.41, 5.74) is 3.14. The maximum absolute atomic E-state index is 3.75. The van der Waals surface area contributed by atoms with Gasteiger partial charge in [-0.1, -0.05) is 45.0 Å².